The third-order valence-corrected chi connectivity index (χ3v) is 2.90. The molecule has 2 rings (SSSR count). The topological polar surface area (TPSA) is 62.4 Å². The number of hydrogen-bond acceptors (Lipinski definition) is 5. The summed E-state index contributed by atoms with van der Waals surface area (Å²) in [6.45, 7) is 0. The Morgan fingerprint density at radius 1 is 1.31 bits per heavy atom. The Bertz CT molecular complexity index is 210. The van der Waals surface area contributed by atoms with Gasteiger partial charge in [0.05, 0.1) is 13.0 Å². The second-order valence-corrected chi connectivity index (χ2v) is 3.66. The highest BCUT2D eigenvalue weighted by atomic mass is 16.5. The minimum atomic E-state index is -0.0767. The predicted octanol–water partition coefficient (Wildman–Crippen LogP) is -0.691. The Hall–Kier alpha value is -0.650. The zero-order chi connectivity index (χ0) is 9.26. The van der Waals surface area contributed by atoms with Gasteiger partial charge in [-0.1, -0.05) is 0 Å². The minimum absolute atomic E-state index is 0.0699. The van der Waals surface area contributed by atoms with Crippen LogP contribution in [0.1, 0.15) is 19.3 Å². The summed E-state index contributed by atoms with van der Waals surface area (Å²) in [5, 5.41) is 0. The lowest BCUT2D eigenvalue weighted by Gasteiger charge is -2.28. The number of hydrazine groups is 2. The molecule has 0 aromatic heterocycles. The monoisotopic (exact) mass is 185 g/mol. The highest BCUT2D eigenvalue weighted by Gasteiger charge is 2.36. The van der Waals surface area contributed by atoms with Gasteiger partial charge in [-0.15, -0.1) is 0 Å². The number of nitrogens with one attached hydrogen (secondary N) is 3. The number of carbonyl (C=O) groups is 1. The normalized spacial score (nSPS) is 38.4. The van der Waals surface area contributed by atoms with Gasteiger partial charge in [0.1, 0.15) is 0 Å². The van der Waals surface area contributed by atoms with Crippen LogP contribution in [0.15, 0.2) is 0 Å². The maximum Gasteiger partial charge on any atom is 0.308 e. The van der Waals surface area contributed by atoms with Gasteiger partial charge in [-0.2, -0.15) is 5.53 Å². The number of esters is 1. The number of methoxy groups -OCH3 is 1. The summed E-state index contributed by atoms with van der Waals surface area (Å²) < 4.78 is 4.73. The van der Waals surface area contributed by atoms with E-state index in [0.29, 0.717) is 12.1 Å². The molecule has 74 valence electrons. The zero-order valence-corrected chi connectivity index (χ0v) is 7.67. The average Bonchev–Trinajstić information content (AvgIpc) is 2.63. The maximum atomic E-state index is 11.3. The summed E-state index contributed by atoms with van der Waals surface area (Å²) in [6.07, 6.45) is 2.80. The lowest BCUT2D eigenvalue weighted by Crippen LogP contribution is -2.41. The molecular formula is C8H15N3O2. The van der Waals surface area contributed by atoms with Crippen molar-refractivity contribution in [3.8, 4) is 0 Å². The zero-order valence-electron chi connectivity index (χ0n) is 7.67. The Labute approximate surface area is 77.1 Å². The minimum Gasteiger partial charge on any atom is -0.469 e. The first-order valence-corrected chi connectivity index (χ1v) is 4.65. The summed E-state index contributed by atoms with van der Waals surface area (Å²) >= 11 is 0. The van der Waals surface area contributed by atoms with Crippen LogP contribution in [0, 0.1) is 5.92 Å². The van der Waals surface area contributed by atoms with E-state index in [4.69, 9.17) is 4.74 Å². The van der Waals surface area contributed by atoms with Crippen molar-refractivity contribution in [3.63, 3.8) is 0 Å². The third kappa shape index (κ3) is 1.67. The fraction of sp³-hybridized carbons (Fsp3) is 0.875. The van der Waals surface area contributed by atoms with E-state index in [2.05, 4.69) is 16.4 Å². The molecule has 1 aliphatic carbocycles. The van der Waals surface area contributed by atoms with E-state index in [1.54, 1.807) is 0 Å². The fourth-order valence-electron chi connectivity index (χ4n) is 2.11. The van der Waals surface area contributed by atoms with Crippen LogP contribution in [0.5, 0.6) is 0 Å². The molecule has 0 aromatic rings. The summed E-state index contributed by atoms with van der Waals surface area (Å²) in [6, 6.07) is 0.818. The van der Waals surface area contributed by atoms with Gasteiger partial charge in [0.2, 0.25) is 0 Å². The number of ether oxygens (including phenoxy) is 1. The van der Waals surface area contributed by atoms with Crippen molar-refractivity contribution in [1.82, 2.24) is 16.4 Å². The maximum absolute atomic E-state index is 11.3. The van der Waals surface area contributed by atoms with E-state index < -0.39 is 0 Å². The first-order valence-electron chi connectivity index (χ1n) is 4.65. The molecule has 0 spiro atoms. The van der Waals surface area contributed by atoms with Crippen molar-refractivity contribution in [1.29, 1.82) is 0 Å². The standard InChI is InChI=1S/C8H15N3O2/c1-13-8(12)5-2-3-6-7(4-5)10-11-9-6/h5-7,9-11H,2-4H2,1H3. The molecule has 13 heavy (non-hydrogen) atoms. The largest absolute Gasteiger partial charge is 0.469 e. The Morgan fingerprint density at radius 3 is 2.85 bits per heavy atom. The van der Waals surface area contributed by atoms with Gasteiger partial charge >= 0.3 is 5.97 Å². The Balaban J connectivity index is 1.93. The molecule has 5 nitrogen and oxygen atoms in total. The molecule has 0 aromatic carbocycles. The van der Waals surface area contributed by atoms with Crippen LogP contribution in [-0.4, -0.2) is 25.2 Å². The van der Waals surface area contributed by atoms with Gasteiger partial charge in [0.15, 0.2) is 0 Å². The van der Waals surface area contributed by atoms with Crippen molar-refractivity contribution >= 4 is 5.97 Å². The highest BCUT2D eigenvalue weighted by Crippen LogP contribution is 2.26. The van der Waals surface area contributed by atoms with Crippen LogP contribution in [0.4, 0.5) is 0 Å². The van der Waals surface area contributed by atoms with Gasteiger partial charge in [-0.3, -0.25) is 4.79 Å². The van der Waals surface area contributed by atoms with Crippen molar-refractivity contribution in [2.45, 2.75) is 31.3 Å². The summed E-state index contributed by atoms with van der Waals surface area (Å²) in [4.78, 5) is 11.3. The molecule has 1 saturated heterocycles. The molecular weight excluding hydrogens is 170 g/mol. The van der Waals surface area contributed by atoms with Crippen LogP contribution in [0.25, 0.3) is 0 Å². The SMILES string of the molecule is COC(=O)C1CCC2NNNC2C1. The second kappa shape index (κ2) is 3.61. The van der Waals surface area contributed by atoms with Gasteiger partial charge in [-0.05, 0) is 19.3 Å². The van der Waals surface area contributed by atoms with Crippen LogP contribution in [0.2, 0.25) is 0 Å². The van der Waals surface area contributed by atoms with E-state index in [1.807, 2.05) is 0 Å². The number of hydrogen-bond donors (Lipinski definition) is 3. The van der Waals surface area contributed by atoms with Crippen molar-refractivity contribution in [2.75, 3.05) is 7.11 Å². The van der Waals surface area contributed by atoms with Crippen LogP contribution >= 0.6 is 0 Å². The molecule has 0 radical (unpaired) electrons. The van der Waals surface area contributed by atoms with E-state index in [-0.39, 0.29) is 11.9 Å². The summed E-state index contributed by atoms with van der Waals surface area (Å²) in [5.74, 6) is -0.00685. The van der Waals surface area contributed by atoms with Crippen LogP contribution < -0.4 is 16.4 Å². The van der Waals surface area contributed by atoms with Crippen molar-refractivity contribution in [2.24, 2.45) is 5.92 Å². The molecule has 0 amide bonds. The Kier molecular flexibility index (Phi) is 2.48. The average molecular weight is 185 g/mol. The van der Waals surface area contributed by atoms with Crippen molar-refractivity contribution in [3.05, 3.63) is 0 Å². The fourth-order valence-corrected chi connectivity index (χ4v) is 2.11. The molecule has 1 saturated carbocycles. The lowest BCUT2D eigenvalue weighted by molar-refractivity contribution is -0.146. The molecule has 1 heterocycles. The first kappa shape index (κ1) is 8.93. The highest BCUT2D eigenvalue weighted by molar-refractivity contribution is 5.72. The van der Waals surface area contributed by atoms with Crippen LogP contribution in [0.3, 0.4) is 0 Å². The number of rotatable bonds is 1. The van der Waals surface area contributed by atoms with Gasteiger partial charge in [0, 0.05) is 12.1 Å². The first-order chi connectivity index (χ1) is 6.31. The molecule has 2 fully saturated rings. The molecule has 0 bridgehead atoms. The molecule has 5 heteroatoms. The van der Waals surface area contributed by atoms with Crippen LogP contribution in [-0.2, 0) is 9.53 Å². The van der Waals surface area contributed by atoms with Gasteiger partial charge in [0.25, 0.3) is 0 Å². The van der Waals surface area contributed by atoms with E-state index in [9.17, 15) is 4.79 Å². The van der Waals surface area contributed by atoms with E-state index in [1.165, 1.54) is 7.11 Å². The summed E-state index contributed by atoms with van der Waals surface area (Å²) in [5.41, 5.74) is 9.11. The summed E-state index contributed by atoms with van der Waals surface area (Å²) in [7, 11) is 1.45. The molecule has 3 unspecified atom stereocenters. The number of carbonyl (C=O) groups excluding carboxylic acids is 1. The molecule has 3 atom stereocenters. The Morgan fingerprint density at radius 2 is 2.08 bits per heavy atom. The quantitative estimate of drug-likeness (QED) is 0.472. The number of fused-ring (bicyclic) bond motifs is 1. The molecule has 3 N–H and O–H groups in total. The van der Waals surface area contributed by atoms with Gasteiger partial charge in [-0.25, -0.2) is 10.9 Å². The third-order valence-electron chi connectivity index (χ3n) is 2.90. The smallest absolute Gasteiger partial charge is 0.308 e. The second-order valence-electron chi connectivity index (χ2n) is 3.66. The van der Waals surface area contributed by atoms with Gasteiger partial charge < -0.3 is 4.74 Å². The predicted molar refractivity (Wildman–Crippen MR) is 46.3 cm³/mol. The van der Waals surface area contributed by atoms with E-state index >= 15 is 0 Å². The lowest BCUT2D eigenvalue weighted by atomic mass is 9.83. The molecule has 1 aliphatic heterocycles. The van der Waals surface area contributed by atoms with E-state index in [0.717, 1.165) is 19.3 Å². The van der Waals surface area contributed by atoms with Crippen molar-refractivity contribution < 1.29 is 9.53 Å². The molecule has 2 aliphatic rings.